The SMILES string of the molecule is Cc1cc(NC(=O)c2c3c(cn2C)S(=O)(=O)NC2CCN(C(=O)c4ncoc4C)CC2CO3)ccc1F. The number of piperidine rings is 1. The van der Waals surface area contributed by atoms with Crippen molar-refractivity contribution in [2.75, 3.05) is 25.0 Å². The smallest absolute Gasteiger partial charge is 0.276 e. The maximum atomic E-state index is 13.6. The van der Waals surface area contributed by atoms with Gasteiger partial charge in [0.25, 0.3) is 11.8 Å². The summed E-state index contributed by atoms with van der Waals surface area (Å²) in [5.74, 6) is -1.36. The van der Waals surface area contributed by atoms with Crippen LogP contribution in [0.4, 0.5) is 10.1 Å². The molecule has 1 fully saturated rings. The summed E-state index contributed by atoms with van der Waals surface area (Å²) in [5, 5.41) is 2.68. The fourth-order valence-electron chi connectivity index (χ4n) is 4.74. The van der Waals surface area contributed by atoms with Gasteiger partial charge in [-0.25, -0.2) is 22.5 Å². The Morgan fingerprint density at radius 1 is 1.27 bits per heavy atom. The van der Waals surface area contributed by atoms with Gasteiger partial charge in [0.05, 0.1) is 6.61 Å². The van der Waals surface area contributed by atoms with Crippen molar-refractivity contribution in [3.63, 3.8) is 0 Å². The second-order valence-electron chi connectivity index (χ2n) is 9.30. The lowest BCUT2D eigenvalue weighted by molar-refractivity contribution is 0.0575. The molecule has 2 aromatic heterocycles. The number of sulfonamides is 1. The molecule has 0 spiro atoms. The Hall–Kier alpha value is -3.71. The molecular formula is C24H26FN5O6S. The fraction of sp³-hybridized carbons (Fsp3) is 0.375. The summed E-state index contributed by atoms with van der Waals surface area (Å²) in [4.78, 5) is 31.6. The Morgan fingerprint density at radius 2 is 2.05 bits per heavy atom. The quantitative estimate of drug-likeness (QED) is 0.529. The summed E-state index contributed by atoms with van der Waals surface area (Å²) in [6.07, 6.45) is 2.92. The fourth-order valence-corrected chi connectivity index (χ4v) is 6.27. The molecule has 1 aromatic carbocycles. The first-order valence-corrected chi connectivity index (χ1v) is 13.1. The van der Waals surface area contributed by atoms with Gasteiger partial charge >= 0.3 is 0 Å². The highest BCUT2D eigenvalue weighted by atomic mass is 32.2. The van der Waals surface area contributed by atoms with Crippen molar-refractivity contribution in [1.29, 1.82) is 0 Å². The van der Waals surface area contributed by atoms with E-state index in [-0.39, 0.29) is 47.0 Å². The molecule has 0 saturated carbocycles. The molecule has 2 atom stereocenters. The molecule has 0 bridgehead atoms. The van der Waals surface area contributed by atoms with Crippen molar-refractivity contribution >= 4 is 27.5 Å². The number of nitrogens with one attached hydrogen (secondary N) is 2. The van der Waals surface area contributed by atoms with Gasteiger partial charge in [0.1, 0.15) is 16.5 Å². The second kappa shape index (κ2) is 9.30. The number of halogens is 1. The van der Waals surface area contributed by atoms with Crippen LogP contribution < -0.4 is 14.8 Å². The molecule has 2 aliphatic rings. The number of anilines is 1. The molecule has 4 heterocycles. The Kier molecular flexibility index (Phi) is 6.28. The van der Waals surface area contributed by atoms with Crippen molar-refractivity contribution in [3.05, 3.63) is 59.3 Å². The average Bonchev–Trinajstić information content (AvgIpc) is 3.42. The standard InChI is InChI=1S/C24H26FN5O6S/c1-13-8-16(4-5-17(13)25)27-23(31)21-22-19(10-29(21)3)37(33,34)28-18-6-7-30(9-15(18)11-35-22)24(32)20-14(2)36-12-26-20/h4-5,8,10,12,15,18,28H,6-7,9,11H2,1-3H3,(H,27,31). The predicted octanol–water partition coefficient (Wildman–Crippen LogP) is 2.22. The number of carbonyl (C=O) groups is 2. The number of aryl methyl sites for hydroxylation is 3. The van der Waals surface area contributed by atoms with Crippen molar-refractivity contribution in [3.8, 4) is 5.75 Å². The van der Waals surface area contributed by atoms with Crippen LogP contribution in [0.2, 0.25) is 0 Å². The summed E-state index contributed by atoms with van der Waals surface area (Å²) in [6, 6.07) is 3.68. The van der Waals surface area contributed by atoms with E-state index in [0.29, 0.717) is 30.0 Å². The van der Waals surface area contributed by atoms with E-state index in [1.54, 1.807) is 25.8 Å². The maximum absolute atomic E-state index is 13.6. The van der Waals surface area contributed by atoms with Crippen LogP contribution in [0, 0.1) is 25.6 Å². The van der Waals surface area contributed by atoms with Crippen LogP contribution in [0.25, 0.3) is 0 Å². The van der Waals surface area contributed by atoms with Crippen LogP contribution in [0.5, 0.6) is 5.75 Å². The second-order valence-corrected chi connectivity index (χ2v) is 11.0. The van der Waals surface area contributed by atoms with E-state index < -0.39 is 27.8 Å². The Balaban J connectivity index is 1.41. The summed E-state index contributed by atoms with van der Waals surface area (Å²) in [6.45, 7) is 3.86. The molecule has 0 aliphatic carbocycles. The van der Waals surface area contributed by atoms with Crippen LogP contribution in [0.15, 0.2) is 40.1 Å². The zero-order valence-corrected chi connectivity index (χ0v) is 21.3. The normalized spacial score (nSPS) is 20.7. The van der Waals surface area contributed by atoms with Gasteiger partial charge < -0.3 is 23.9 Å². The van der Waals surface area contributed by atoms with Gasteiger partial charge in [-0.3, -0.25) is 9.59 Å². The number of benzene rings is 1. The molecule has 1 saturated heterocycles. The van der Waals surface area contributed by atoms with Gasteiger partial charge in [-0.1, -0.05) is 0 Å². The average molecular weight is 532 g/mol. The predicted molar refractivity (Wildman–Crippen MR) is 129 cm³/mol. The molecule has 11 nitrogen and oxygen atoms in total. The largest absolute Gasteiger partial charge is 0.489 e. The van der Waals surface area contributed by atoms with E-state index in [0.717, 1.165) is 0 Å². The zero-order valence-electron chi connectivity index (χ0n) is 20.4. The van der Waals surface area contributed by atoms with Crippen molar-refractivity contribution < 1.29 is 31.6 Å². The number of fused-ring (bicyclic) bond motifs is 2. The van der Waals surface area contributed by atoms with Gasteiger partial charge in [0, 0.05) is 44.0 Å². The lowest BCUT2D eigenvalue weighted by Crippen LogP contribution is -2.54. The third kappa shape index (κ3) is 4.60. The first-order chi connectivity index (χ1) is 17.5. The molecule has 3 aromatic rings. The third-order valence-electron chi connectivity index (χ3n) is 6.74. The number of nitrogens with zero attached hydrogens (tertiary/aromatic N) is 3. The molecule has 2 amide bonds. The van der Waals surface area contributed by atoms with E-state index in [2.05, 4.69) is 15.0 Å². The van der Waals surface area contributed by atoms with Crippen LogP contribution in [0.3, 0.4) is 0 Å². The van der Waals surface area contributed by atoms with Gasteiger partial charge in [-0.05, 0) is 44.0 Å². The Labute approximate surface area is 212 Å². The number of amides is 2. The number of rotatable bonds is 3. The van der Waals surface area contributed by atoms with Gasteiger partial charge in [0.2, 0.25) is 10.0 Å². The molecule has 2 unspecified atom stereocenters. The van der Waals surface area contributed by atoms with Crippen LogP contribution in [-0.4, -0.2) is 60.4 Å². The first kappa shape index (κ1) is 25.0. The van der Waals surface area contributed by atoms with E-state index in [1.807, 2.05) is 0 Å². The molecule has 196 valence electrons. The minimum Gasteiger partial charge on any atom is -0.489 e. The summed E-state index contributed by atoms with van der Waals surface area (Å²) in [5.41, 5.74) is 0.926. The summed E-state index contributed by atoms with van der Waals surface area (Å²) in [7, 11) is -2.49. The number of oxazole rings is 1. The minimum absolute atomic E-state index is 0.00256. The minimum atomic E-state index is -4.04. The highest BCUT2D eigenvalue weighted by Gasteiger charge is 2.40. The molecule has 0 radical (unpaired) electrons. The molecule has 37 heavy (non-hydrogen) atoms. The Morgan fingerprint density at radius 3 is 2.76 bits per heavy atom. The number of ether oxygens (including phenoxy) is 1. The summed E-state index contributed by atoms with van der Waals surface area (Å²) >= 11 is 0. The molecular weight excluding hydrogens is 505 g/mol. The van der Waals surface area contributed by atoms with Gasteiger partial charge in [-0.15, -0.1) is 0 Å². The van der Waals surface area contributed by atoms with Crippen molar-refractivity contribution in [2.24, 2.45) is 13.0 Å². The van der Waals surface area contributed by atoms with E-state index in [1.165, 1.54) is 35.4 Å². The van der Waals surface area contributed by atoms with Crippen LogP contribution in [0.1, 0.15) is 38.7 Å². The van der Waals surface area contributed by atoms with E-state index in [4.69, 9.17) is 9.15 Å². The molecule has 13 heteroatoms. The van der Waals surface area contributed by atoms with E-state index in [9.17, 15) is 22.4 Å². The number of carbonyl (C=O) groups excluding carboxylic acids is 2. The third-order valence-corrected chi connectivity index (χ3v) is 8.22. The Bertz CT molecular complexity index is 1500. The molecule has 2 N–H and O–H groups in total. The molecule has 2 aliphatic heterocycles. The first-order valence-electron chi connectivity index (χ1n) is 11.7. The topological polar surface area (TPSA) is 136 Å². The molecule has 5 rings (SSSR count). The maximum Gasteiger partial charge on any atom is 0.276 e. The number of hydrogen-bond acceptors (Lipinski definition) is 7. The number of hydrogen-bond donors (Lipinski definition) is 2. The van der Waals surface area contributed by atoms with Gasteiger partial charge in [0.15, 0.2) is 23.5 Å². The van der Waals surface area contributed by atoms with Crippen LogP contribution >= 0.6 is 0 Å². The number of likely N-dealkylation sites (tertiary alicyclic amines) is 1. The lowest BCUT2D eigenvalue weighted by Gasteiger charge is -2.39. The zero-order chi connectivity index (χ0) is 26.5. The van der Waals surface area contributed by atoms with E-state index >= 15 is 0 Å². The van der Waals surface area contributed by atoms with Crippen molar-refractivity contribution in [2.45, 2.75) is 31.2 Å². The number of aromatic nitrogens is 2. The van der Waals surface area contributed by atoms with Crippen molar-refractivity contribution in [1.82, 2.24) is 19.2 Å². The van der Waals surface area contributed by atoms with Gasteiger partial charge in [-0.2, -0.15) is 0 Å². The highest BCUT2D eigenvalue weighted by Crippen LogP contribution is 2.35. The highest BCUT2D eigenvalue weighted by molar-refractivity contribution is 7.89. The van der Waals surface area contributed by atoms with Crippen LogP contribution in [-0.2, 0) is 17.1 Å². The summed E-state index contributed by atoms with van der Waals surface area (Å²) < 4.78 is 55.5. The lowest BCUT2D eigenvalue weighted by atomic mass is 9.93. The monoisotopic (exact) mass is 531 g/mol.